The van der Waals surface area contributed by atoms with Crippen LogP contribution in [-0.4, -0.2) is 24.6 Å². The number of rotatable bonds is 10. The SMILES string of the molecule is CCCCCCN(OC)C(=O)CC=C(C)Cc1cccc2ccccc12. The Hall–Kier alpha value is -2.13. The van der Waals surface area contributed by atoms with E-state index < -0.39 is 0 Å². The molecule has 140 valence electrons. The Kier molecular flexibility index (Phi) is 8.36. The topological polar surface area (TPSA) is 29.5 Å². The minimum Gasteiger partial charge on any atom is -0.274 e. The van der Waals surface area contributed by atoms with Crippen LogP contribution >= 0.6 is 0 Å². The van der Waals surface area contributed by atoms with E-state index in [1.165, 1.54) is 39.8 Å². The maximum atomic E-state index is 12.4. The number of hydrogen-bond acceptors (Lipinski definition) is 2. The number of unbranched alkanes of at least 4 members (excludes halogenated alkanes) is 3. The third-order valence-electron chi connectivity index (χ3n) is 4.69. The molecule has 3 nitrogen and oxygen atoms in total. The molecular formula is C23H31NO2. The lowest BCUT2D eigenvalue weighted by atomic mass is 9.98. The van der Waals surface area contributed by atoms with Crippen molar-refractivity contribution >= 4 is 16.7 Å². The average molecular weight is 354 g/mol. The first-order chi connectivity index (χ1) is 12.7. The van der Waals surface area contributed by atoms with Crippen LogP contribution in [0.15, 0.2) is 54.1 Å². The Bertz CT molecular complexity index is 731. The van der Waals surface area contributed by atoms with Crippen LogP contribution in [0.4, 0.5) is 0 Å². The summed E-state index contributed by atoms with van der Waals surface area (Å²) in [7, 11) is 1.57. The Balaban J connectivity index is 1.93. The van der Waals surface area contributed by atoms with Crippen molar-refractivity contribution in [3.8, 4) is 0 Å². The van der Waals surface area contributed by atoms with Gasteiger partial charge in [0.2, 0.25) is 5.91 Å². The summed E-state index contributed by atoms with van der Waals surface area (Å²) in [6, 6.07) is 14.8. The summed E-state index contributed by atoms with van der Waals surface area (Å²) in [5.74, 6) is 0.0290. The van der Waals surface area contributed by atoms with E-state index in [9.17, 15) is 4.79 Å². The summed E-state index contributed by atoms with van der Waals surface area (Å²) in [6.07, 6.45) is 7.80. The number of carbonyl (C=O) groups excluding carboxylic acids is 1. The summed E-state index contributed by atoms with van der Waals surface area (Å²) < 4.78 is 0. The molecule has 0 aliphatic heterocycles. The highest BCUT2D eigenvalue weighted by molar-refractivity contribution is 5.86. The van der Waals surface area contributed by atoms with E-state index in [2.05, 4.69) is 56.3 Å². The summed E-state index contributed by atoms with van der Waals surface area (Å²) in [5.41, 5.74) is 2.50. The van der Waals surface area contributed by atoms with Crippen LogP contribution in [0.25, 0.3) is 10.8 Å². The number of nitrogens with zero attached hydrogens (tertiary/aromatic N) is 1. The van der Waals surface area contributed by atoms with E-state index in [-0.39, 0.29) is 5.91 Å². The van der Waals surface area contributed by atoms with Crippen LogP contribution in [0.3, 0.4) is 0 Å². The Morgan fingerprint density at radius 1 is 1.08 bits per heavy atom. The fraction of sp³-hybridized carbons (Fsp3) is 0.435. The molecule has 0 atom stereocenters. The molecule has 0 heterocycles. The zero-order chi connectivity index (χ0) is 18.8. The molecule has 26 heavy (non-hydrogen) atoms. The van der Waals surface area contributed by atoms with Crippen molar-refractivity contribution in [3.05, 3.63) is 59.7 Å². The molecule has 0 aromatic heterocycles. The van der Waals surface area contributed by atoms with Gasteiger partial charge in [0.15, 0.2) is 0 Å². The first-order valence-electron chi connectivity index (χ1n) is 9.62. The molecule has 0 spiro atoms. The van der Waals surface area contributed by atoms with Gasteiger partial charge in [0.1, 0.15) is 0 Å². The van der Waals surface area contributed by atoms with Gasteiger partial charge in [-0.1, -0.05) is 80.3 Å². The Morgan fingerprint density at radius 2 is 1.85 bits per heavy atom. The first-order valence-corrected chi connectivity index (χ1v) is 9.62. The third-order valence-corrected chi connectivity index (χ3v) is 4.69. The van der Waals surface area contributed by atoms with Crippen molar-refractivity contribution in [2.45, 2.75) is 52.4 Å². The van der Waals surface area contributed by atoms with Crippen molar-refractivity contribution in [2.75, 3.05) is 13.7 Å². The predicted octanol–water partition coefficient (Wildman–Crippen LogP) is 5.69. The standard InChI is InChI=1S/C23H31NO2/c1-4-5-6-9-17-24(26-3)23(25)16-15-19(2)18-21-13-10-12-20-11-7-8-14-22(20)21/h7-8,10-15H,4-6,9,16-18H2,1-3H3. The maximum absolute atomic E-state index is 12.4. The molecule has 0 aliphatic carbocycles. The zero-order valence-electron chi connectivity index (χ0n) is 16.3. The largest absolute Gasteiger partial charge is 0.274 e. The smallest absolute Gasteiger partial charge is 0.249 e. The van der Waals surface area contributed by atoms with Gasteiger partial charge in [-0.25, -0.2) is 5.06 Å². The molecule has 0 saturated carbocycles. The van der Waals surface area contributed by atoms with Crippen LogP contribution in [0, 0.1) is 0 Å². The number of hydroxylamine groups is 2. The van der Waals surface area contributed by atoms with Crippen LogP contribution < -0.4 is 0 Å². The fourth-order valence-corrected chi connectivity index (χ4v) is 3.18. The van der Waals surface area contributed by atoms with Crippen LogP contribution in [0.2, 0.25) is 0 Å². The van der Waals surface area contributed by atoms with Crippen LogP contribution in [0.1, 0.15) is 51.5 Å². The fourth-order valence-electron chi connectivity index (χ4n) is 3.18. The second kappa shape index (κ2) is 10.8. The van der Waals surface area contributed by atoms with E-state index in [0.29, 0.717) is 13.0 Å². The molecule has 0 unspecified atom stereocenters. The number of carbonyl (C=O) groups is 1. The van der Waals surface area contributed by atoms with Crippen molar-refractivity contribution in [1.29, 1.82) is 0 Å². The molecule has 2 rings (SSSR count). The maximum Gasteiger partial charge on any atom is 0.249 e. The number of fused-ring (bicyclic) bond motifs is 1. The Morgan fingerprint density at radius 3 is 2.62 bits per heavy atom. The van der Waals surface area contributed by atoms with Gasteiger partial charge < -0.3 is 0 Å². The highest BCUT2D eigenvalue weighted by Crippen LogP contribution is 2.21. The van der Waals surface area contributed by atoms with E-state index >= 15 is 0 Å². The molecule has 0 bridgehead atoms. The molecule has 0 N–H and O–H groups in total. The van der Waals surface area contributed by atoms with Gasteiger partial charge in [0.25, 0.3) is 0 Å². The zero-order valence-corrected chi connectivity index (χ0v) is 16.3. The van der Waals surface area contributed by atoms with Crippen LogP contribution in [-0.2, 0) is 16.1 Å². The number of benzene rings is 2. The average Bonchev–Trinajstić information content (AvgIpc) is 2.66. The molecular weight excluding hydrogens is 322 g/mol. The van der Waals surface area contributed by atoms with Gasteiger partial charge in [-0.15, -0.1) is 0 Å². The molecule has 2 aromatic rings. The Labute approximate surface area is 157 Å². The number of allylic oxidation sites excluding steroid dienone is 1. The monoisotopic (exact) mass is 353 g/mol. The molecule has 0 aliphatic rings. The van der Waals surface area contributed by atoms with Crippen molar-refractivity contribution in [1.82, 2.24) is 5.06 Å². The highest BCUT2D eigenvalue weighted by Gasteiger charge is 2.11. The molecule has 1 amide bonds. The van der Waals surface area contributed by atoms with Gasteiger partial charge in [-0.2, -0.15) is 0 Å². The first kappa shape index (κ1) is 20.2. The minimum atomic E-state index is 0.0290. The summed E-state index contributed by atoms with van der Waals surface area (Å²) in [4.78, 5) is 17.6. The third kappa shape index (κ3) is 5.99. The van der Waals surface area contributed by atoms with Crippen molar-refractivity contribution in [2.24, 2.45) is 0 Å². The lowest BCUT2D eigenvalue weighted by Crippen LogP contribution is -2.30. The predicted molar refractivity (Wildman–Crippen MR) is 109 cm³/mol. The van der Waals surface area contributed by atoms with Gasteiger partial charge in [0.05, 0.1) is 7.11 Å². The van der Waals surface area contributed by atoms with Gasteiger partial charge in [-0.05, 0) is 36.1 Å². The van der Waals surface area contributed by atoms with E-state index in [4.69, 9.17) is 4.84 Å². The lowest BCUT2D eigenvalue weighted by Gasteiger charge is -2.19. The van der Waals surface area contributed by atoms with E-state index in [1.807, 2.05) is 6.08 Å². The van der Waals surface area contributed by atoms with Gasteiger partial charge >= 0.3 is 0 Å². The molecule has 3 heteroatoms. The van der Waals surface area contributed by atoms with Crippen LogP contribution in [0.5, 0.6) is 0 Å². The van der Waals surface area contributed by atoms with Crippen molar-refractivity contribution < 1.29 is 9.63 Å². The molecule has 2 aromatic carbocycles. The van der Waals surface area contributed by atoms with E-state index in [0.717, 1.165) is 19.3 Å². The number of hydrogen-bond donors (Lipinski definition) is 0. The van der Waals surface area contributed by atoms with Gasteiger partial charge in [-0.3, -0.25) is 9.63 Å². The van der Waals surface area contributed by atoms with Gasteiger partial charge in [0, 0.05) is 13.0 Å². The molecule has 0 saturated heterocycles. The quantitative estimate of drug-likeness (QED) is 0.312. The normalized spacial score (nSPS) is 11.7. The number of amides is 1. The molecule has 0 radical (unpaired) electrons. The highest BCUT2D eigenvalue weighted by atomic mass is 16.7. The second-order valence-electron chi connectivity index (χ2n) is 6.81. The summed E-state index contributed by atoms with van der Waals surface area (Å²) in [5, 5.41) is 4.03. The van der Waals surface area contributed by atoms with Crippen molar-refractivity contribution in [3.63, 3.8) is 0 Å². The summed E-state index contributed by atoms with van der Waals surface area (Å²) >= 11 is 0. The van der Waals surface area contributed by atoms with E-state index in [1.54, 1.807) is 7.11 Å². The minimum absolute atomic E-state index is 0.0290. The molecule has 0 fully saturated rings. The summed E-state index contributed by atoms with van der Waals surface area (Å²) in [6.45, 7) is 4.95. The second-order valence-corrected chi connectivity index (χ2v) is 6.81. The lowest BCUT2D eigenvalue weighted by molar-refractivity contribution is -0.175.